The van der Waals surface area contributed by atoms with Crippen LogP contribution >= 0.6 is 23.2 Å². The summed E-state index contributed by atoms with van der Waals surface area (Å²) in [6.45, 7) is 9.24. The summed E-state index contributed by atoms with van der Waals surface area (Å²) >= 11 is 12.4. The van der Waals surface area contributed by atoms with Crippen molar-refractivity contribution in [3.63, 3.8) is 0 Å². The van der Waals surface area contributed by atoms with E-state index in [2.05, 4.69) is 18.7 Å². The third kappa shape index (κ3) is 3.41. The molecule has 7 heteroatoms. The van der Waals surface area contributed by atoms with Crippen LogP contribution < -0.4 is 10.5 Å². The van der Waals surface area contributed by atoms with Gasteiger partial charge in [-0.15, -0.1) is 0 Å². The summed E-state index contributed by atoms with van der Waals surface area (Å²) in [5, 5.41) is 1.11. The molecule has 0 bridgehead atoms. The van der Waals surface area contributed by atoms with Crippen molar-refractivity contribution in [3.8, 4) is 0 Å². The second-order valence-corrected chi connectivity index (χ2v) is 7.46. The topological polar surface area (TPSA) is 41.4 Å². The average Bonchev–Trinajstić information content (AvgIpc) is 2.53. The van der Waals surface area contributed by atoms with Crippen LogP contribution in [0.3, 0.4) is 0 Å². The number of aryl methyl sites for hydroxylation is 1. The number of anilines is 2. The van der Waals surface area contributed by atoms with E-state index in [0.717, 1.165) is 16.9 Å². The van der Waals surface area contributed by atoms with Gasteiger partial charge in [-0.1, -0.05) is 30.1 Å². The van der Waals surface area contributed by atoms with E-state index in [9.17, 15) is 4.79 Å². The third-order valence-corrected chi connectivity index (χ3v) is 5.02. The van der Waals surface area contributed by atoms with Crippen LogP contribution in [0.1, 0.15) is 32.0 Å². The lowest BCUT2D eigenvalue weighted by Gasteiger charge is -2.40. The maximum atomic E-state index is 13.0. The number of hydrogen-bond donors (Lipinski definition) is 0. The predicted octanol–water partition coefficient (Wildman–Crippen LogP) is 4.20. The summed E-state index contributed by atoms with van der Waals surface area (Å²) in [6, 6.07) is 5.67. The molecule has 0 saturated heterocycles. The lowest BCUT2D eigenvalue weighted by molar-refractivity contribution is 0.156. The maximum Gasteiger partial charge on any atom is 0.259 e. The fraction of sp³-hybridized carbons (Fsp3) is 0.444. The van der Waals surface area contributed by atoms with Crippen molar-refractivity contribution in [2.75, 3.05) is 11.6 Å². The summed E-state index contributed by atoms with van der Waals surface area (Å²) in [6.07, 6.45) is 0.669. The smallest absolute Gasteiger partial charge is 0.259 e. The molecule has 2 heterocycles. The highest BCUT2D eigenvalue weighted by atomic mass is 35.5. The molecule has 0 amide bonds. The summed E-state index contributed by atoms with van der Waals surface area (Å²) < 4.78 is 1.74. The van der Waals surface area contributed by atoms with Crippen LogP contribution in [0.4, 0.5) is 11.6 Å². The van der Waals surface area contributed by atoms with Crippen LogP contribution in [-0.4, -0.2) is 27.2 Å². The van der Waals surface area contributed by atoms with Gasteiger partial charge in [0.2, 0.25) is 5.95 Å². The highest BCUT2D eigenvalue weighted by Crippen LogP contribution is 2.32. The molecule has 1 aromatic heterocycles. The highest BCUT2D eigenvalue weighted by Gasteiger charge is 2.29. The van der Waals surface area contributed by atoms with Crippen LogP contribution in [0.2, 0.25) is 10.0 Å². The summed E-state index contributed by atoms with van der Waals surface area (Å²) in [7, 11) is 0. The second kappa shape index (κ2) is 6.98. The van der Waals surface area contributed by atoms with E-state index in [1.807, 2.05) is 30.9 Å². The zero-order valence-electron chi connectivity index (χ0n) is 14.9. The zero-order valence-corrected chi connectivity index (χ0v) is 16.4. The van der Waals surface area contributed by atoms with Gasteiger partial charge < -0.3 is 0 Å². The van der Waals surface area contributed by atoms with Crippen LogP contribution in [0, 0.1) is 6.92 Å². The van der Waals surface area contributed by atoms with Gasteiger partial charge in [0, 0.05) is 33.0 Å². The Balaban J connectivity index is 2.22. The minimum atomic E-state index is 0.0217. The van der Waals surface area contributed by atoms with Gasteiger partial charge in [0.25, 0.3) is 5.56 Å². The van der Waals surface area contributed by atoms with Crippen molar-refractivity contribution in [1.82, 2.24) is 14.5 Å². The van der Waals surface area contributed by atoms with E-state index in [1.54, 1.807) is 10.6 Å². The maximum absolute atomic E-state index is 13.0. The van der Waals surface area contributed by atoms with Crippen molar-refractivity contribution in [3.05, 3.63) is 49.9 Å². The van der Waals surface area contributed by atoms with Gasteiger partial charge in [-0.25, -0.2) is 4.98 Å². The van der Waals surface area contributed by atoms with Gasteiger partial charge in [-0.2, -0.15) is 0 Å². The van der Waals surface area contributed by atoms with Crippen LogP contribution in [0.5, 0.6) is 0 Å². The number of rotatable bonds is 3. The molecule has 0 fully saturated rings. The predicted molar refractivity (Wildman–Crippen MR) is 103 cm³/mol. The number of aromatic nitrogens is 2. The van der Waals surface area contributed by atoms with Crippen molar-refractivity contribution in [2.24, 2.45) is 0 Å². The summed E-state index contributed by atoms with van der Waals surface area (Å²) in [4.78, 5) is 21.9. The summed E-state index contributed by atoms with van der Waals surface area (Å²) in [5.41, 5.74) is 2.38. The molecule has 5 nitrogen and oxygen atoms in total. The third-order valence-electron chi connectivity index (χ3n) is 4.58. The van der Waals surface area contributed by atoms with Crippen LogP contribution in [0.25, 0.3) is 0 Å². The molecule has 0 atom stereocenters. The van der Waals surface area contributed by atoms with E-state index in [1.165, 1.54) is 0 Å². The Morgan fingerprint density at radius 2 is 1.80 bits per heavy atom. The molecule has 0 spiro atoms. The molecule has 2 aromatic rings. The van der Waals surface area contributed by atoms with Gasteiger partial charge in [-0.05, 0) is 45.4 Å². The molecule has 134 valence electrons. The van der Waals surface area contributed by atoms with Crippen LogP contribution in [-0.2, 0) is 13.1 Å². The minimum absolute atomic E-state index is 0.0217. The normalized spacial score (nSPS) is 14.9. The van der Waals surface area contributed by atoms with Gasteiger partial charge in [0.1, 0.15) is 0 Å². The van der Waals surface area contributed by atoms with Crippen LogP contribution in [0.15, 0.2) is 23.0 Å². The van der Waals surface area contributed by atoms with Crippen molar-refractivity contribution in [2.45, 2.75) is 46.8 Å². The van der Waals surface area contributed by atoms with E-state index in [4.69, 9.17) is 28.2 Å². The standard InChI is InChI=1S/C18H22Cl2N4O/c1-5-16-12(4)21-18-23(15-7-13(19)6-14(20)8-15)9-22(11(2)3)10-24(18)17(16)25/h6-8,11H,5,9-10H2,1-4H3. The molecule has 3 rings (SSSR count). The van der Waals surface area contributed by atoms with Gasteiger partial charge in [0.15, 0.2) is 0 Å². The molecule has 1 aliphatic rings. The Labute approximate surface area is 157 Å². The Hall–Kier alpha value is -1.56. The fourth-order valence-electron chi connectivity index (χ4n) is 3.12. The number of nitrogens with zero attached hydrogens (tertiary/aromatic N) is 4. The number of halogens is 2. The molecule has 0 unspecified atom stereocenters. The van der Waals surface area contributed by atoms with Crippen molar-refractivity contribution in [1.29, 1.82) is 0 Å². The zero-order chi connectivity index (χ0) is 18.3. The molecular formula is C18H22Cl2N4O. The van der Waals surface area contributed by atoms with Gasteiger partial charge >= 0.3 is 0 Å². The lowest BCUT2D eigenvalue weighted by Crippen LogP contribution is -2.50. The SMILES string of the molecule is CCc1c(C)nc2n(c1=O)CN(C(C)C)CN2c1cc(Cl)cc(Cl)c1. The average molecular weight is 381 g/mol. The second-order valence-electron chi connectivity index (χ2n) is 6.58. The lowest BCUT2D eigenvalue weighted by atomic mass is 10.2. The number of hydrogen-bond acceptors (Lipinski definition) is 4. The van der Waals surface area contributed by atoms with E-state index in [-0.39, 0.29) is 11.6 Å². The monoisotopic (exact) mass is 380 g/mol. The number of benzene rings is 1. The molecule has 0 saturated carbocycles. The Morgan fingerprint density at radius 3 is 2.36 bits per heavy atom. The Morgan fingerprint density at radius 1 is 1.16 bits per heavy atom. The van der Waals surface area contributed by atoms with E-state index in [0.29, 0.717) is 35.8 Å². The largest absolute Gasteiger partial charge is 0.298 e. The molecular weight excluding hydrogens is 359 g/mol. The quantitative estimate of drug-likeness (QED) is 0.799. The Kier molecular flexibility index (Phi) is 5.09. The molecule has 0 aliphatic carbocycles. The minimum Gasteiger partial charge on any atom is -0.298 e. The molecule has 1 aromatic carbocycles. The molecule has 25 heavy (non-hydrogen) atoms. The van der Waals surface area contributed by atoms with E-state index >= 15 is 0 Å². The first-order chi connectivity index (χ1) is 11.8. The molecule has 0 N–H and O–H groups in total. The first kappa shape index (κ1) is 18.2. The molecule has 0 radical (unpaired) electrons. The number of fused-ring (bicyclic) bond motifs is 1. The van der Waals surface area contributed by atoms with Gasteiger partial charge in [-0.3, -0.25) is 19.2 Å². The van der Waals surface area contributed by atoms with E-state index < -0.39 is 0 Å². The Bertz CT molecular complexity index is 843. The highest BCUT2D eigenvalue weighted by molar-refractivity contribution is 6.35. The van der Waals surface area contributed by atoms with Gasteiger partial charge in [0.05, 0.1) is 13.3 Å². The first-order valence-electron chi connectivity index (χ1n) is 8.39. The molecule has 1 aliphatic heterocycles. The fourth-order valence-corrected chi connectivity index (χ4v) is 3.63. The summed E-state index contributed by atoms with van der Waals surface area (Å²) in [5.74, 6) is 0.634. The van der Waals surface area contributed by atoms with Crippen molar-refractivity contribution < 1.29 is 0 Å². The first-order valence-corrected chi connectivity index (χ1v) is 9.15. The van der Waals surface area contributed by atoms with Crippen molar-refractivity contribution >= 4 is 34.8 Å².